The van der Waals surface area contributed by atoms with Crippen LogP contribution in [0.15, 0.2) is 67.1 Å². The molecule has 0 amide bonds. The van der Waals surface area contributed by atoms with E-state index in [1.165, 1.54) is 31.5 Å². The van der Waals surface area contributed by atoms with Gasteiger partial charge >= 0.3 is 0 Å². The van der Waals surface area contributed by atoms with Crippen LogP contribution in [0.4, 0.5) is 10.1 Å². The van der Waals surface area contributed by atoms with Crippen LogP contribution in [0.5, 0.6) is 5.75 Å². The smallest absolute Gasteiger partial charge is 0.197 e. The predicted molar refractivity (Wildman–Crippen MR) is 156 cm³/mol. The number of hydrogen-bond donors (Lipinski definition) is 2. The summed E-state index contributed by atoms with van der Waals surface area (Å²) in [4.78, 5) is 30.2. The summed E-state index contributed by atoms with van der Waals surface area (Å²) < 4.78 is 20.0. The van der Waals surface area contributed by atoms with Crippen LogP contribution >= 0.6 is 0 Å². The van der Waals surface area contributed by atoms with Gasteiger partial charge in [-0.1, -0.05) is 24.3 Å². The zero-order chi connectivity index (χ0) is 29.4. The van der Waals surface area contributed by atoms with Crippen molar-refractivity contribution >= 4 is 11.5 Å². The largest absolute Gasteiger partial charge is 0.496 e. The molecule has 0 spiro atoms. The third-order valence-corrected chi connectivity index (χ3v) is 8.54. The number of carbonyl (C=O) groups excluding carboxylic acids is 1. The molecular formula is C33H30FN5O3. The Morgan fingerprint density at radius 3 is 2.79 bits per heavy atom. The number of rotatable bonds is 8. The highest BCUT2D eigenvalue weighted by atomic mass is 19.1. The van der Waals surface area contributed by atoms with E-state index in [-0.39, 0.29) is 52.9 Å². The Morgan fingerprint density at radius 2 is 2.02 bits per heavy atom. The van der Waals surface area contributed by atoms with Crippen molar-refractivity contribution in [3.63, 3.8) is 0 Å². The number of aromatic nitrogens is 3. The summed E-state index contributed by atoms with van der Waals surface area (Å²) in [5, 5.41) is 11.2. The van der Waals surface area contributed by atoms with Gasteiger partial charge in [-0.15, -0.1) is 0 Å². The van der Waals surface area contributed by atoms with Crippen molar-refractivity contribution in [2.24, 2.45) is 11.7 Å². The summed E-state index contributed by atoms with van der Waals surface area (Å²) in [5.41, 5.74) is 9.68. The molecule has 2 aromatic carbocycles. The monoisotopic (exact) mass is 563 g/mol. The van der Waals surface area contributed by atoms with Crippen molar-refractivity contribution in [2.45, 2.75) is 49.7 Å². The summed E-state index contributed by atoms with van der Waals surface area (Å²) in [5.74, 6) is -0.541. The SMILES string of the molecule is [C-]#[N+]c1ccncc1-c1ccc(CC(=O)c2ccnc(-c3c(F)cccc3OC)n2)c(C2C[C@@H](N)C[C@H]2C2(O)CC2)c1. The van der Waals surface area contributed by atoms with Crippen LogP contribution in [0.1, 0.15) is 53.2 Å². The van der Waals surface area contributed by atoms with Gasteiger partial charge in [0.15, 0.2) is 17.3 Å². The maximum atomic E-state index is 14.7. The number of nitrogens with zero attached hydrogens (tertiary/aromatic N) is 4. The third-order valence-electron chi connectivity index (χ3n) is 8.54. The number of hydrogen-bond acceptors (Lipinski definition) is 7. The number of ether oxygens (including phenoxy) is 1. The second kappa shape index (κ2) is 11.0. The van der Waals surface area contributed by atoms with Gasteiger partial charge in [-0.25, -0.2) is 19.2 Å². The van der Waals surface area contributed by atoms with Gasteiger partial charge in [-0.2, -0.15) is 0 Å². The first kappa shape index (κ1) is 27.6. The molecule has 0 saturated heterocycles. The molecule has 3 atom stereocenters. The minimum Gasteiger partial charge on any atom is -0.496 e. The Morgan fingerprint density at radius 1 is 1.19 bits per heavy atom. The summed E-state index contributed by atoms with van der Waals surface area (Å²) in [6.07, 6.45) is 7.61. The number of carbonyl (C=O) groups is 1. The number of benzene rings is 2. The van der Waals surface area contributed by atoms with Gasteiger partial charge in [-0.05, 0) is 78.5 Å². The lowest BCUT2D eigenvalue weighted by Crippen LogP contribution is -2.26. The highest BCUT2D eigenvalue weighted by molar-refractivity contribution is 5.96. The normalized spacial score (nSPS) is 20.6. The summed E-state index contributed by atoms with van der Waals surface area (Å²) in [7, 11) is 1.44. The van der Waals surface area contributed by atoms with E-state index in [9.17, 15) is 14.3 Å². The number of ketones is 1. The first-order chi connectivity index (χ1) is 20.3. The van der Waals surface area contributed by atoms with E-state index in [0.29, 0.717) is 24.1 Å². The van der Waals surface area contributed by atoms with Crippen molar-refractivity contribution in [2.75, 3.05) is 7.11 Å². The molecule has 2 aliphatic carbocycles. The molecule has 2 saturated carbocycles. The average molecular weight is 564 g/mol. The van der Waals surface area contributed by atoms with Crippen LogP contribution in [-0.2, 0) is 6.42 Å². The van der Waals surface area contributed by atoms with Gasteiger partial charge in [0.2, 0.25) is 0 Å². The Bertz CT molecular complexity index is 1710. The molecule has 8 nitrogen and oxygen atoms in total. The van der Waals surface area contributed by atoms with Crippen molar-refractivity contribution < 1.29 is 19.0 Å². The minimum absolute atomic E-state index is 0.0231. The molecular weight excluding hydrogens is 533 g/mol. The average Bonchev–Trinajstić information content (AvgIpc) is 3.64. The van der Waals surface area contributed by atoms with Gasteiger partial charge in [-0.3, -0.25) is 9.78 Å². The van der Waals surface area contributed by atoms with Crippen LogP contribution in [0.2, 0.25) is 0 Å². The molecule has 212 valence electrons. The second-order valence-electron chi connectivity index (χ2n) is 11.1. The van der Waals surface area contributed by atoms with Crippen LogP contribution in [-0.4, -0.2) is 44.6 Å². The van der Waals surface area contributed by atoms with E-state index in [1.807, 2.05) is 18.2 Å². The highest BCUT2D eigenvalue weighted by Gasteiger charge is 2.54. The highest BCUT2D eigenvalue weighted by Crippen LogP contribution is 2.55. The summed E-state index contributed by atoms with van der Waals surface area (Å²) in [6, 6.07) is 13.4. The first-order valence-electron chi connectivity index (χ1n) is 13.9. The summed E-state index contributed by atoms with van der Waals surface area (Å²) >= 11 is 0. The Hall–Kier alpha value is -4.52. The lowest BCUT2D eigenvalue weighted by Gasteiger charge is -2.27. The zero-order valence-electron chi connectivity index (χ0n) is 23.1. The standard InChI is InChI=1S/C33H30FN5O3/c1-36-27-8-12-37-18-24(27)19-6-7-20(22(14-19)23-16-21(35)17-25(23)33(41)10-11-33)15-29(40)28-9-13-38-32(39-28)31-26(34)4-3-5-30(31)42-2/h3-9,12-14,18,21,23,25,41H,10-11,15-17,35H2,2H3/t21-,23?,25-/m1/s1. The van der Waals surface area contributed by atoms with Crippen LogP contribution < -0.4 is 10.5 Å². The molecule has 42 heavy (non-hydrogen) atoms. The van der Waals surface area contributed by atoms with Gasteiger partial charge in [0.25, 0.3) is 0 Å². The number of Topliss-reactive ketones (excluding diaryl/α,β-unsaturated/α-hetero) is 1. The number of pyridine rings is 1. The number of nitrogens with two attached hydrogens (primary N) is 1. The molecule has 1 unspecified atom stereocenters. The van der Waals surface area contributed by atoms with Gasteiger partial charge in [0, 0.05) is 36.6 Å². The molecule has 2 heterocycles. The van der Waals surface area contributed by atoms with Gasteiger partial charge < -0.3 is 15.6 Å². The molecule has 0 radical (unpaired) electrons. The fraction of sp³-hybridized carbons (Fsp3) is 0.303. The molecule has 4 aromatic rings. The predicted octanol–water partition coefficient (Wildman–Crippen LogP) is 5.68. The quantitative estimate of drug-likeness (QED) is 0.209. The Kier molecular flexibility index (Phi) is 7.27. The first-order valence-corrected chi connectivity index (χ1v) is 13.9. The second-order valence-corrected chi connectivity index (χ2v) is 11.1. The molecule has 2 aliphatic rings. The molecule has 2 aromatic heterocycles. The van der Waals surface area contributed by atoms with E-state index in [0.717, 1.165) is 29.5 Å². The van der Waals surface area contributed by atoms with Crippen LogP contribution in [0, 0.1) is 18.3 Å². The van der Waals surface area contributed by atoms with E-state index >= 15 is 0 Å². The number of methoxy groups -OCH3 is 1. The topological polar surface area (TPSA) is 116 Å². The number of halogens is 1. The number of aliphatic hydroxyl groups is 1. The Balaban J connectivity index is 1.39. The zero-order valence-corrected chi connectivity index (χ0v) is 23.1. The fourth-order valence-corrected chi connectivity index (χ4v) is 6.28. The summed E-state index contributed by atoms with van der Waals surface area (Å²) in [6.45, 7) is 7.61. The van der Waals surface area contributed by atoms with Crippen molar-refractivity contribution in [1.82, 2.24) is 15.0 Å². The van der Waals surface area contributed by atoms with Gasteiger partial charge in [0.05, 0.1) is 24.8 Å². The van der Waals surface area contributed by atoms with Gasteiger partial charge in [0.1, 0.15) is 17.3 Å². The molecule has 0 bridgehead atoms. The van der Waals surface area contributed by atoms with E-state index in [4.69, 9.17) is 17.0 Å². The maximum Gasteiger partial charge on any atom is 0.197 e. The molecule has 6 rings (SSSR count). The van der Waals surface area contributed by atoms with Crippen molar-refractivity contribution in [3.8, 4) is 28.3 Å². The van der Waals surface area contributed by atoms with E-state index < -0.39 is 11.4 Å². The lowest BCUT2D eigenvalue weighted by atomic mass is 9.80. The van der Waals surface area contributed by atoms with Crippen molar-refractivity contribution in [1.29, 1.82) is 0 Å². The lowest BCUT2D eigenvalue weighted by molar-refractivity contribution is 0.0755. The molecule has 2 fully saturated rings. The van der Waals surface area contributed by atoms with Crippen LogP contribution in [0.25, 0.3) is 27.4 Å². The molecule has 0 aliphatic heterocycles. The van der Waals surface area contributed by atoms with E-state index in [1.54, 1.807) is 24.5 Å². The minimum atomic E-state index is -0.744. The fourth-order valence-electron chi connectivity index (χ4n) is 6.28. The third kappa shape index (κ3) is 5.15. The molecule has 3 N–H and O–H groups in total. The van der Waals surface area contributed by atoms with Crippen molar-refractivity contribution in [3.05, 3.63) is 101 Å². The maximum absolute atomic E-state index is 14.7. The Labute approximate surface area is 243 Å². The van der Waals surface area contributed by atoms with E-state index in [2.05, 4.69) is 19.8 Å². The molecule has 9 heteroatoms. The van der Waals surface area contributed by atoms with Crippen LogP contribution in [0.3, 0.4) is 0 Å².